The molecule has 2 aromatic rings. The van der Waals surface area contributed by atoms with Crippen molar-refractivity contribution < 1.29 is 14.3 Å². The summed E-state index contributed by atoms with van der Waals surface area (Å²) in [5, 5.41) is 5.61. The van der Waals surface area contributed by atoms with Crippen LogP contribution in [0.5, 0.6) is 0 Å². The highest BCUT2D eigenvalue weighted by atomic mass is 35.5. The van der Waals surface area contributed by atoms with Crippen LogP contribution in [-0.4, -0.2) is 30.5 Å². The van der Waals surface area contributed by atoms with Crippen molar-refractivity contribution >= 4 is 29.1 Å². The Kier molecular flexibility index (Phi) is 5.89. The fourth-order valence-corrected chi connectivity index (χ4v) is 2.25. The van der Waals surface area contributed by atoms with Gasteiger partial charge in [0.1, 0.15) is 5.60 Å². The van der Waals surface area contributed by atoms with Gasteiger partial charge in [-0.1, -0.05) is 23.7 Å². The number of methoxy groups -OCH3 is 1. The van der Waals surface area contributed by atoms with Crippen molar-refractivity contribution in [2.24, 2.45) is 0 Å². The van der Waals surface area contributed by atoms with E-state index in [9.17, 15) is 9.59 Å². The molecule has 2 amide bonds. The first-order valence-corrected chi connectivity index (χ1v) is 7.63. The minimum absolute atomic E-state index is 0.114. The molecule has 0 radical (unpaired) electrons. The molecule has 0 aliphatic rings. The molecule has 1 heterocycles. The third kappa shape index (κ3) is 4.53. The number of pyridine rings is 1. The van der Waals surface area contributed by atoms with Crippen LogP contribution in [0.2, 0.25) is 5.02 Å². The molecule has 1 aromatic heterocycles. The van der Waals surface area contributed by atoms with Crippen molar-refractivity contribution in [3.8, 4) is 0 Å². The second-order valence-corrected chi connectivity index (χ2v) is 5.76. The maximum absolute atomic E-state index is 12.0. The molecule has 0 unspecified atom stereocenters. The van der Waals surface area contributed by atoms with E-state index in [1.165, 1.54) is 13.3 Å². The van der Waals surface area contributed by atoms with Crippen LogP contribution in [0.25, 0.3) is 0 Å². The van der Waals surface area contributed by atoms with Crippen molar-refractivity contribution in [1.82, 2.24) is 10.3 Å². The van der Waals surface area contributed by atoms with Gasteiger partial charge in [0.25, 0.3) is 0 Å². The lowest BCUT2D eigenvalue weighted by atomic mass is 9.95. The van der Waals surface area contributed by atoms with Crippen molar-refractivity contribution in [1.29, 1.82) is 0 Å². The summed E-state index contributed by atoms with van der Waals surface area (Å²) >= 11 is 6.00. The van der Waals surface area contributed by atoms with Crippen LogP contribution in [-0.2, 0) is 19.9 Å². The minimum Gasteiger partial charge on any atom is -0.372 e. The number of carbonyl (C=O) groups is 2. The van der Waals surface area contributed by atoms with Gasteiger partial charge in [0.15, 0.2) is 0 Å². The lowest BCUT2D eigenvalue weighted by Crippen LogP contribution is -2.44. The summed E-state index contributed by atoms with van der Waals surface area (Å²) in [6, 6.07) is 10.5. The Morgan fingerprint density at radius 2 is 2.04 bits per heavy atom. The topological polar surface area (TPSA) is 80.3 Å². The summed E-state index contributed by atoms with van der Waals surface area (Å²) in [6.45, 7) is 1.92. The number of anilines is 1. The van der Waals surface area contributed by atoms with Gasteiger partial charge >= 0.3 is 11.8 Å². The maximum atomic E-state index is 12.0. The number of hydrogen-bond donors (Lipinski definition) is 2. The van der Waals surface area contributed by atoms with E-state index in [1.54, 1.807) is 43.5 Å². The van der Waals surface area contributed by atoms with Crippen LogP contribution in [0.4, 0.5) is 5.69 Å². The largest absolute Gasteiger partial charge is 0.372 e. The molecule has 0 bridgehead atoms. The van der Waals surface area contributed by atoms with Gasteiger partial charge in [-0.15, -0.1) is 0 Å². The van der Waals surface area contributed by atoms with Gasteiger partial charge in [-0.25, -0.2) is 0 Å². The van der Waals surface area contributed by atoms with E-state index in [2.05, 4.69) is 15.6 Å². The number of aromatic nitrogens is 1. The highest BCUT2D eigenvalue weighted by Crippen LogP contribution is 2.26. The van der Waals surface area contributed by atoms with Gasteiger partial charge in [-0.05, 0) is 36.8 Å². The SMILES string of the molecule is CO[C@](C)(CNC(=O)C(=O)Nc1cccnc1)c1cccc(Cl)c1. The first-order valence-electron chi connectivity index (χ1n) is 7.25. The molecule has 2 N–H and O–H groups in total. The third-order valence-corrected chi connectivity index (χ3v) is 3.83. The van der Waals surface area contributed by atoms with Crippen molar-refractivity contribution in [2.75, 3.05) is 19.0 Å². The van der Waals surface area contributed by atoms with Gasteiger partial charge in [-0.2, -0.15) is 0 Å². The average Bonchev–Trinajstić information content (AvgIpc) is 2.60. The van der Waals surface area contributed by atoms with Crippen LogP contribution in [0, 0.1) is 0 Å². The Morgan fingerprint density at radius 1 is 1.25 bits per heavy atom. The molecule has 7 heteroatoms. The van der Waals surface area contributed by atoms with E-state index in [4.69, 9.17) is 16.3 Å². The molecule has 0 aliphatic carbocycles. The zero-order chi connectivity index (χ0) is 17.6. The van der Waals surface area contributed by atoms with Gasteiger partial charge < -0.3 is 15.4 Å². The fraction of sp³-hybridized carbons (Fsp3) is 0.235. The van der Waals surface area contributed by atoms with Crippen LogP contribution in [0.1, 0.15) is 12.5 Å². The molecule has 0 aliphatic heterocycles. The number of nitrogens with one attached hydrogen (secondary N) is 2. The van der Waals surface area contributed by atoms with E-state index >= 15 is 0 Å². The van der Waals surface area contributed by atoms with Crippen LogP contribution >= 0.6 is 11.6 Å². The van der Waals surface area contributed by atoms with E-state index in [-0.39, 0.29) is 6.54 Å². The lowest BCUT2D eigenvalue weighted by molar-refractivity contribution is -0.137. The van der Waals surface area contributed by atoms with Gasteiger partial charge in [0, 0.05) is 18.3 Å². The van der Waals surface area contributed by atoms with E-state index in [1.807, 2.05) is 6.07 Å². The molecular formula is C17H18ClN3O3. The molecule has 0 fully saturated rings. The number of hydrogen-bond acceptors (Lipinski definition) is 4. The van der Waals surface area contributed by atoms with Crippen molar-refractivity contribution in [3.63, 3.8) is 0 Å². The summed E-state index contributed by atoms with van der Waals surface area (Å²) in [6.07, 6.45) is 3.03. The van der Waals surface area contributed by atoms with Gasteiger partial charge in [0.05, 0.1) is 18.4 Å². The zero-order valence-corrected chi connectivity index (χ0v) is 14.1. The highest BCUT2D eigenvalue weighted by molar-refractivity contribution is 6.39. The summed E-state index contributed by atoms with van der Waals surface area (Å²) in [5.74, 6) is -1.53. The molecule has 1 aromatic carbocycles. The molecule has 24 heavy (non-hydrogen) atoms. The molecule has 6 nitrogen and oxygen atoms in total. The number of amides is 2. The van der Waals surface area contributed by atoms with E-state index in [0.717, 1.165) is 5.56 Å². The number of carbonyl (C=O) groups excluding carboxylic acids is 2. The summed E-state index contributed by atoms with van der Waals surface area (Å²) < 4.78 is 5.51. The maximum Gasteiger partial charge on any atom is 0.313 e. The number of halogens is 1. The van der Waals surface area contributed by atoms with Crippen LogP contribution in [0.15, 0.2) is 48.8 Å². The lowest BCUT2D eigenvalue weighted by Gasteiger charge is -2.29. The molecule has 2 rings (SSSR count). The first kappa shape index (κ1) is 17.9. The number of nitrogens with zero attached hydrogens (tertiary/aromatic N) is 1. The van der Waals surface area contributed by atoms with Crippen molar-refractivity contribution in [2.45, 2.75) is 12.5 Å². The minimum atomic E-state index is -0.810. The predicted molar refractivity (Wildman–Crippen MR) is 91.7 cm³/mol. The molecule has 0 saturated carbocycles. The van der Waals surface area contributed by atoms with Crippen LogP contribution < -0.4 is 10.6 Å². The molecule has 126 valence electrons. The quantitative estimate of drug-likeness (QED) is 0.814. The average molecular weight is 348 g/mol. The van der Waals surface area contributed by atoms with Gasteiger partial charge in [-0.3, -0.25) is 14.6 Å². The Hall–Kier alpha value is -2.44. The second-order valence-electron chi connectivity index (χ2n) is 5.32. The Balaban J connectivity index is 1.99. The van der Waals surface area contributed by atoms with E-state index in [0.29, 0.717) is 10.7 Å². The monoisotopic (exact) mass is 347 g/mol. The van der Waals surface area contributed by atoms with Gasteiger partial charge in [0.2, 0.25) is 0 Å². The second kappa shape index (κ2) is 7.90. The summed E-state index contributed by atoms with van der Waals surface area (Å²) in [5.41, 5.74) is 0.433. The fourth-order valence-electron chi connectivity index (χ4n) is 2.06. The molecule has 1 atom stereocenters. The smallest absolute Gasteiger partial charge is 0.313 e. The Labute approximate surface area is 145 Å². The molecule has 0 saturated heterocycles. The Bertz CT molecular complexity index is 724. The zero-order valence-electron chi connectivity index (χ0n) is 13.4. The highest BCUT2D eigenvalue weighted by Gasteiger charge is 2.28. The third-order valence-electron chi connectivity index (χ3n) is 3.60. The number of rotatable bonds is 5. The van der Waals surface area contributed by atoms with Crippen LogP contribution in [0.3, 0.4) is 0 Å². The number of ether oxygens (including phenoxy) is 1. The normalized spacial score (nSPS) is 13.0. The van der Waals surface area contributed by atoms with Crippen molar-refractivity contribution in [3.05, 3.63) is 59.4 Å². The predicted octanol–water partition coefficient (Wildman–Crippen LogP) is 2.35. The molecule has 0 spiro atoms. The van der Waals surface area contributed by atoms with E-state index < -0.39 is 17.4 Å². The standard InChI is InChI=1S/C17H18ClN3O3/c1-17(24-2,12-5-3-6-13(18)9-12)11-20-15(22)16(23)21-14-7-4-8-19-10-14/h3-10H,11H2,1-2H3,(H,20,22)(H,21,23)/t17-/m1/s1. The summed E-state index contributed by atoms with van der Waals surface area (Å²) in [4.78, 5) is 27.7. The summed E-state index contributed by atoms with van der Waals surface area (Å²) in [7, 11) is 1.53. The Morgan fingerprint density at radius 3 is 2.67 bits per heavy atom. The number of benzene rings is 1. The first-order chi connectivity index (χ1) is 11.4. The molecular weight excluding hydrogens is 330 g/mol.